The Morgan fingerprint density at radius 3 is 2.79 bits per heavy atom. The summed E-state index contributed by atoms with van der Waals surface area (Å²) in [6, 6.07) is 1.81. The fourth-order valence-electron chi connectivity index (χ4n) is 2.29. The van der Waals surface area contributed by atoms with E-state index < -0.39 is 0 Å². The number of anilines is 1. The smallest absolute Gasteiger partial charge is 0.256 e. The van der Waals surface area contributed by atoms with E-state index in [9.17, 15) is 0 Å². The Balaban J connectivity index is 1.90. The van der Waals surface area contributed by atoms with Crippen LogP contribution in [0.15, 0.2) is 18.5 Å². The predicted molar refractivity (Wildman–Crippen MR) is 72.5 cm³/mol. The van der Waals surface area contributed by atoms with E-state index in [-0.39, 0.29) is 10.8 Å². The highest BCUT2D eigenvalue weighted by atomic mass is 35.5. The van der Waals surface area contributed by atoms with Gasteiger partial charge in [0.05, 0.1) is 0 Å². The fraction of sp³-hybridized carbons (Fsp3) is 0.500. The van der Waals surface area contributed by atoms with E-state index in [0.29, 0.717) is 11.9 Å². The molecule has 0 radical (unpaired) electrons. The molecule has 0 bridgehead atoms. The molecule has 2 heterocycles. The predicted octanol–water partition coefficient (Wildman–Crippen LogP) is 2.46. The maximum absolute atomic E-state index is 5.96. The van der Waals surface area contributed by atoms with E-state index in [4.69, 9.17) is 11.6 Å². The molecule has 2 aromatic heterocycles. The lowest BCUT2D eigenvalue weighted by Crippen LogP contribution is -2.44. The SMILES string of the molecule is CCC1(Nc2nc(Cl)nc(-n3cccn3)n2)CCC1. The highest BCUT2D eigenvalue weighted by Gasteiger charge is 2.35. The van der Waals surface area contributed by atoms with Crippen molar-refractivity contribution in [3.8, 4) is 5.95 Å². The maximum Gasteiger partial charge on any atom is 0.256 e. The number of rotatable bonds is 4. The van der Waals surface area contributed by atoms with Crippen LogP contribution in [0, 0.1) is 0 Å². The van der Waals surface area contributed by atoms with Gasteiger partial charge in [0.25, 0.3) is 5.95 Å². The lowest BCUT2D eigenvalue weighted by molar-refractivity contribution is 0.268. The van der Waals surface area contributed by atoms with Crippen LogP contribution in [0.1, 0.15) is 32.6 Å². The van der Waals surface area contributed by atoms with E-state index in [1.165, 1.54) is 6.42 Å². The second kappa shape index (κ2) is 4.77. The molecule has 1 N–H and O–H groups in total. The molecule has 100 valence electrons. The lowest BCUT2D eigenvalue weighted by atomic mass is 9.75. The number of aromatic nitrogens is 5. The third-order valence-electron chi connectivity index (χ3n) is 3.67. The monoisotopic (exact) mass is 278 g/mol. The molecule has 0 atom stereocenters. The van der Waals surface area contributed by atoms with Crippen LogP contribution < -0.4 is 5.32 Å². The van der Waals surface area contributed by atoms with Gasteiger partial charge in [0, 0.05) is 17.9 Å². The summed E-state index contributed by atoms with van der Waals surface area (Å²) in [5, 5.41) is 7.67. The molecule has 1 aliphatic rings. The highest BCUT2D eigenvalue weighted by Crippen LogP contribution is 2.37. The summed E-state index contributed by atoms with van der Waals surface area (Å²) >= 11 is 5.96. The second-order valence-electron chi connectivity index (χ2n) is 4.79. The standard InChI is InChI=1S/C12H15ClN6/c1-2-12(5-3-6-12)18-10-15-9(13)16-11(17-10)19-8-4-7-14-19/h4,7-8H,2-3,5-6H2,1H3,(H,15,16,17,18). The quantitative estimate of drug-likeness (QED) is 0.930. The van der Waals surface area contributed by atoms with Crippen molar-refractivity contribution in [3.63, 3.8) is 0 Å². The van der Waals surface area contributed by atoms with E-state index in [2.05, 4.69) is 32.3 Å². The molecule has 0 unspecified atom stereocenters. The van der Waals surface area contributed by atoms with Crippen LogP contribution in [0.3, 0.4) is 0 Å². The first-order valence-corrected chi connectivity index (χ1v) is 6.78. The summed E-state index contributed by atoms with van der Waals surface area (Å²) in [5.41, 5.74) is 0.117. The number of nitrogens with zero attached hydrogens (tertiary/aromatic N) is 5. The molecular formula is C12H15ClN6. The van der Waals surface area contributed by atoms with Gasteiger partial charge in [-0.1, -0.05) is 6.92 Å². The number of halogens is 1. The Labute approximate surface area is 116 Å². The Hall–Kier alpha value is -1.69. The van der Waals surface area contributed by atoms with E-state index in [0.717, 1.165) is 19.3 Å². The molecule has 1 saturated carbocycles. The number of hydrogen-bond donors (Lipinski definition) is 1. The normalized spacial score (nSPS) is 16.9. The lowest BCUT2D eigenvalue weighted by Gasteiger charge is -2.41. The molecule has 6 nitrogen and oxygen atoms in total. The molecule has 3 rings (SSSR count). The van der Waals surface area contributed by atoms with Gasteiger partial charge in [-0.15, -0.1) is 0 Å². The van der Waals surface area contributed by atoms with E-state index >= 15 is 0 Å². The van der Waals surface area contributed by atoms with Gasteiger partial charge in [0.2, 0.25) is 11.2 Å². The van der Waals surface area contributed by atoms with Crippen LogP contribution in [-0.4, -0.2) is 30.3 Å². The Kier molecular flexibility index (Phi) is 3.10. The third kappa shape index (κ3) is 2.40. The average Bonchev–Trinajstić information content (AvgIpc) is 2.87. The summed E-state index contributed by atoms with van der Waals surface area (Å²) in [7, 11) is 0. The van der Waals surface area contributed by atoms with E-state index in [1.807, 2.05) is 6.07 Å². The number of hydrogen-bond acceptors (Lipinski definition) is 5. The molecule has 0 amide bonds. The minimum atomic E-state index is 0.117. The largest absolute Gasteiger partial charge is 0.349 e. The molecule has 0 aromatic carbocycles. The van der Waals surface area contributed by atoms with Crippen molar-refractivity contribution in [1.29, 1.82) is 0 Å². The van der Waals surface area contributed by atoms with Gasteiger partial charge in [-0.3, -0.25) is 0 Å². The molecule has 7 heteroatoms. The highest BCUT2D eigenvalue weighted by molar-refractivity contribution is 6.28. The molecule has 2 aromatic rings. The van der Waals surface area contributed by atoms with Crippen molar-refractivity contribution in [3.05, 3.63) is 23.7 Å². The van der Waals surface area contributed by atoms with Crippen molar-refractivity contribution >= 4 is 17.5 Å². The summed E-state index contributed by atoms with van der Waals surface area (Å²) in [4.78, 5) is 12.6. The van der Waals surface area contributed by atoms with Gasteiger partial charge in [-0.2, -0.15) is 20.1 Å². The summed E-state index contributed by atoms with van der Waals surface area (Å²) in [6.07, 6.45) is 8.02. The van der Waals surface area contributed by atoms with Gasteiger partial charge in [0.1, 0.15) is 0 Å². The number of nitrogens with one attached hydrogen (secondary N) is 1. The maximum atomic E-state index is 5.96. The molecule has 0 aliphatic heterocycles. The van der Waals surface area contributed by atoms with Gasteiger partial charge in [0.15, 0.2) is 0 Å². The van der Waals surface area contributed by atoms with Crippen LogP contribution in [-0.2, 0) is 0 Å². The summed E-state index contributed by atoms with van der Waals surface area (Å²) in [6.45, 7) is 2.17. The zero-order chi connectivity index (χ0) is 13.3. The first-order valence-electron chi connectivity index (χ1n) is 6.41. The molecule has 19 heavy (non-hydrogen) atoms. The van der Waals surface area contributed by atoms with Crippen molar-refractivity contribution in [2.24, 2.45) is 0 Å². The summed E-state index contributed by atoms with van der Waals surface area (Å²) < 4.78 is 1.57. The Morgan fingerprint density at radius 1 is 1.37 bits per heavy atom. The zero-order valence-electron chi connectivity index (χ0n) is 10.7. The van der Waals surface area contributed by atoms with Gasteiger partial charge < -0.3 is 5.32 Å². The minimum absolute atomic E-state index is 0.117. The average molecular weight is 279 g/mol. The van der Waals surface area contributed by atoms with Crippen molar-refractivity contribution < 1.29 is 0 Å². The first-order chi connectivity index (χ1) is 9.21. The van der Waals surface area contributed by atoms with Crippen LogP contribution in [0.4, 0.5) is 5.95 Å². The molecule has 0 spiro atoms. The van der Waals surface area contributed by atoms with Crippen molar-refractivity contribution in [2.45, 2.75) is 38.1 Å². The van der Waals surface area contributed by atoms with Crippen molar-refractivity contribution in [2.75, 3.05) is 5.32 Å². The molecular weight excluding hydrogens is 264 g/mol. The zero-order valence-corrected chi connectivity index (χ0v) is 11.4. The van der Waals surface area contributed by atoms with Gasteiger partial charge in [-0.05, 0) is 43.4 Å². The molecule has 1 fully saturated rings. The first kappa shape index (κ1) is 12.3. The Bertz CT molecular complexity index is 558. The topological polar surface area (TPSA) is 68.5 Å². The third-order valence-corrected chi connectivity index (χ3v) is 3.84. The van der Waals surface area contributed by atoms with E-state index in [1.54, 1.807) is 17.1 Å². The molecule has 0 saturated heterocycles. The van der Waals surface area contributed by atoms with Crippen LogP contribution in [0.2, 0.25) is 5.28 Å². The molecule has 1 aliphatic carbocycles. The van der Waals surface area contributed by atoms with Crippen LogP contribution in [0.25, 0.3) is 5.95 Å². The van der Waals surface area contributed by atoms with Crippen LogP contribution in [0.5, 0.6) is 0 Å². The van der Waals surface area contributed by atoms with Crippen LogP contribution >= 0.6 is 11.6 Å². The Morgan fingerprint density at radius 2 is 2.21 bits per heavy atom. The minimum Gasteiger partial charge on any atom is -0.349 e. The van der Waals surface area contributed by atoms with Gasteiger partial charge in [-0.25, -0.2) is 4.68 Å². The second-order valence-corrected chi connectivity index (χ2v) is 5.13. The van der Waals surface area contributed by atoms with Crippen molar-refractivity contribution in [1.82, 2.24) is 24.7 Å². The fourth-order valence-corrected chi connectivity index (χ4v) is 2.45. The summed E-state index contributed by atoms with van der Waals surface area (Å²) in [5.74, 6) is 0.949. The van der Waals surface area contributed by atoms with Gasteiger partial charge >= 0.3 is 0 Å².